The molecule has 3 fully saturated rings. The lowest BCUT2D eigenvalue weighted by Crippen LogP contribution is -2.51. The molecule has 0 aromatic heterocycles. The molecule has 0 radical (unpaired) electrons. The van der Waals surface area contributed by atoms with Crippen LogP contribution in [0.15, 0.2) is 11.6 Å². The standard InChI is InChI=1S/C19H30O3/c1-18-7-5-12(20)9-11(18)3-4-13-14(18)6-8-19(2)15(13)10-16(21)17(19)22/h3,12-17,20-22H,4-10H2,1-2H3/t12-,13?,14?,15?,16+,17+,18+,19+/m1/s1. The molecule has 0 aliphatic heterocycles. The van der Waals surface area contributed by atoms with Crippen molar-refractivity contribution in [2.75, 3.05) is 0 Å². The average molecular weight is 306 g/mol. The molecule has 3 saturated carbocycles. The number of hydrogen-bond acceptors (Lipinski definition) is 3. The van der Waals surface area contributed by atoms with Crippen LogP contribution in [0.4, 0.5) is 0 Å². The van der Waals surface area contributed by atoms with Gasteiger partial charge in [0.2, 0.25) is 0 Å². The van der Waals surface area contributed by atoms with Crippen molar-refractivity contribution in [1.82, 2.24) is 0 Å². The summed E-state index contributed by atoms with van der Waals surface area (Å²) in [6, 6.07) is 0. The van der Waals surface area contributed by atoms with Gasteiger partial charge >= 0.3 is 0 Å². The Morgan fingerprint density at radius 1 is 1.05 bits per heavy atom. The Kier molecular flexibility index (Phi) is 3.32. The van der Waals surface area contributed by atoms with E-state index in [9.17, 15) is 15.3 Å². The number of rotatable bonds is 0. The van der Waals surface area contributed by atoms with Crippen LogP contribution in [-0.4, -0.2) is 33.6 Å². The van der Waals surface area contributed by atoms with Crippen LogP contribution in [0.2, 0.25) is 0 Å². The van der Waals surface area contributed by atoms with Crippen LogP contribution in [-0.2, 0) is 0 Å². The largest absolute Gasteiger partial charge is 0.393 e. The lowest BCUT2D eigenvalue weighted by molar-refractivity contribution is -0.0817. The second-order valence-electron chi connectivity index (χ2n) is 8.95. The van der Waals surface area contributed by atoms with Crippen LogP contribution in [0, 0.1) is 28.6 Å². The van der Waals surface area contributed by atoms with E-state index in [1.165, 1.54) is 5.57 Å². The fourth-order valence-corrected chi connectivity index (χ4v) is 6.63. The van der Waals surface area contributed by atoms with Gasteiger partial charge < -0.3 is 15.3 Å². The Morgan fingerprint density at radius 2 is 1.82 bits per heavy atom. The molecular weight excluding hydrogens is 276 g/mol. The SMILES string of the molecule is C[C@]12CC[C@@H](O)CC1=CCC1C2CC[C@@]2(C)C1C[C@H](O)[C@@H]2O. The van der Waals surface area contributed by atoms with Gasteiger partial charge in [-0.25, -0.2) is 0 Å². The van der Waals surface area contributed by atoms with Crippen LogP contribution in [0.1, 0.15) is 58.8 Å². The van der Waals surface area contributed by atoms with E-state index in [1.54, 1.807) is 0 Å². The third kappa shape index (κ3) is 1.85. The topological polar surface area (TPSA) is 60.7 Å². The first-order chi connectivity index (χ1) is 10.4. The van der Waals surface area contributed by atoms with Gasteiger partial charge in [0.1, 0.15) is 0 Å². The van der Waals surface area contributed by atoms with Crippen LogP contribution < -0.4 is 0 Å². The molecule has 3 nitrogen and oxygen atoms in total. The summed E-state index contributed by atoms with van der Waals surface area (Å²) in [6.07, 6.45) is 8.04. The average Bonchev–Trinajstić information content (AvgIpc) is 2.72. The molecule has 4 rings (SSSR count). The molecule has 0 aromatic carbocycles. The van der Waals surface area contributed by atoms with Crippen molar-refractivity contribution in [3.05, 3.63) is 11.6 Å². The molecule has 22 heavy (non-hydrogen) atoms. The second-order valence-corrected chi connectivity index (χ2v) is 8.95. The zero-order valence-corrected chi connectivity index (χ0v) is 13.8. The molecule has 0 saturated heterocycles. The minimum Gasteiger partial charge on any atom is -0.393 e. The molecule has 4 aliphatic carbocycles. The van der Waals surface area contributed by atoms with Gasteiger partial charge in [-0.2, -0.15) is 0 Å². The molecular formula is C19H30O3. The number of aliphatic hydroxyl groups is 3. The fourth-order valence-electron chi connectivity index (χ4n) is 6.63. The number of fused-ring (bicyclic) bond motifs is 5. The summed E-state index contributed by atoms with van der Waals surface area (Å²) >= 11 is 0. The van der Waals surface area contributed by atoms with Crippen LogP contribution in [0.5, 0.6) is 0 Å². The molecule has 4 aliphatic rings. The normalized spacial score (nSPS) is 57.6. The smallest absolute Gasteiger partial charge is 0.0855 e. The summed E-state index contributed by atoms with van der Waals surface area (Å²) in [5.41, 5.74) is 1.62. The lowest BCUT2D eigenvalue weighted by atomic mass is 9.48. The van der Waals surface area contributed by atoms with Gasteiger partial charge in [-0.05, 0) is 73.5 Å². The summed E-state index contributed by atoms with van der Waals surface area (Å²) in [7, 11) is 0. The Balaban J connectivity index is 1.68. The molecule has 3 N–H and O–H groups in total. The van der Waals surface area contributed by atoms with E-state index in [-0.39, 0.29) is 16.9 Å². The van der Waals surface area contributed by atoms with E-state index in [2.05, 4.69) is 19.9 Å². The van der Waals surface area contributed by atoms with Crippen molar-refractivity contribution in [3.63, 3.8) is 0 Å². The first-order valence-corrected chi connectivity index (χ1v) is 9.10. The lowest BCUT2D eigenvalue weighted by Gasteiger charge is -2.57. The van der Waals surface area contributed by atoms with E-state index in [4.69, 9.17) is 0 Å². The van der Waals surface area contributed by atoms with E-state index in [0.29, 0.717) is 17.8 Å². The highest BCUT2D eigenvalue weighted by Gasteiger charge is 2.60. The first-order valence-electron chi connectivity index (χ1n) is 9.10. The summed E-state index contributed by atoms with van der Waals surface area (Å²) in [4.78, 5) is 0. The fraction of sp³-hybridized carbons (Fsp3) is 0.895. The van der Waals surface area contributed by atoms with Crippen molar-refractivity contribution >= 4 is 0 Å². The molecule has 0 amide bonds. The summed E-state index contributed by atoms with van der Waals surface area (Å²) < 4.78 is 0. The number of allylic oxidation sites excluding steroid dienone is 1. The van der Waals surface area contributed by atoms with Crippen LogP contribution in [0.3, 0.4) is 0 Å². The maximum atomic E-state index is 10.5. The van der Waals surface area contributed by atoms with Crippen molar-refractivity contribution in [1.29, 1.82) is 0 Å². The van der Waals surface area contributed by atoms with Gasteiger partial charge in [0.25, 0.3) is 0 Å². The van der Waals surface area contributed by atoms with Gasteiger partial charge in [0.05, 0.1) is 18.3 Å². The van der Waals surface area contributed by atoms with Gasteiger partial charge in [-0.15, -0.1) is 0 Å². The molecule has 8 atom stereocenters. The van der Waals surface area contributed by atoms with Crippen LogP contribution in [0.25, 0.3) is 0 Å². The third-order valence-electron chi connectivity index (χ3n) is 8.05. The van der Waals surface area contributed by atoms with Gasteiger partial charge in [0, 0.05) is 0 Å². The monoisotopic (exact) mass is 306 g/mol. The van der Waals surface area contributed by atoms with E-state index < -0.39 is 12.2 Å². The zero-order chi connectivity index (χ0) is 15.7. The van der Waals surface area contributed by atoms with Crippen molar-refractivity contribution in [2.24, 2.45) is 28.6 Å². The Bertz CT molecular complexity index is 501. The molecule has 0 spiro atoms. The summed E-state index contributed by atoms with van der Waals surface area (Å²) in [5.74, 6) is 1.70. The van der Waals surface area contributed by atoms with Gasteiger partial charge in [0.15, 0.2) is 0 Å². The summed E-state index contributed by atoms with van der Waals surface area (Å²) in [6.45, 7) is 4.60. The van der Waals surface area contributed by atoms with E-state index in [1.807, 2.05) is 0 Å². The van der Waals surface area contributed by atoms with E-state index in [0.717, 1.165) is 44.9 Å². The van der Waals surface area contributed by atoms with Gasteiger partial charge in [-0.3, -0.25) is 0 Å². The van der Waals surface area contributed by atoms with Crippen molar-refractivity contribution in [3.8, 4) is 0 Å². The minimum atomic E-state index is -0.551. The number of aliphatic hydroxyl groups excluding tert-OH is 3. The van der Waals surface area contributed by atoms with Crippen molar-refractivity contribution in [2.45, 2.75) is 77.1 Å². The molecule has 0 aromatic rings. The molecule has 0 bridgehead atoms. The molecule has 3 heteroatoms. The van der Waals surface area contributed by atoms with Crippen molar-refractivity contribution < 1.29 is 15.3 Å². The molecule has 124 valence electrons. The Hall–Kier alpha value is -0.380. The summed E-state index contributed by atoms with van der Waals surface area (Å²) in [5, 5.41) is 30.7. The quantitative estimate of drug-likeness (QED) is 0.603. The Morgan fingerprint density at radius 3 is 2.59 bits per heavy atom. The van der Waals surface area contributed by atoms with Gasteiger partial charge in [-0.1, -0.05) is 25.5 Å². The first kappa shape index (κ1) is 15.2. The number of hydrogen-bond donors (Lipinski definition) is 3. The zero-order valence-electron chi connectivity index (χ0n) is 13.8. The predicted molar refractivity (Wildman–Crippen MR) is 85.1 cm³/mol. The minimum absolute atomic E-state index is 0.101. The highest BCUT2D eigenvalue weighted by Crippen LogP contribution is 2.64. The molecule has 0 heterocycles. The Labute approximate surface area is 133 Å². The second kappa shape index (κ2) is 4.81. The van der Waals surface area contributed by atoms with E-state index >= 15 is 0 Å². The third-order valence-corrected chi connectivity index (χ3v) is 8.05. The predicted octanol–water partition coefficient (Wildman–Crippen LogP) is 2.64. The maximum absolute atomic E-state index is 10.5. The highest BCUT2D eigenvalue weighted by atomic mass is 16.3. The molecule has 3 unspecified atom stereocenters. The highest BCUT2D eigenvalue weighted by molar-refractivity contribution is 5.25. The maximum Gasteiger partial charge on any atom is 0.0855 e. The van der Waals surface area contributed by atoms with Crippen LogP contribution >= 0.6 is 0 Å².